The molecule has 4 nitrogen and oxygen atoms in total. The Kier molecular flexibility index (Phi) is 3.41. The summed E-state index contributed by atoms with van der Waals surface area (Å²) in [4.78, 5) is 0. The maximum absolute atomic E-state index is 13.1. The molecule has 0 radical (unpaired) electrons. The van der Waals surface area contributed by atoms with Gasteiger partial charge in [-0.1, -0.05) is 6.07 Å². The van der Waals surface area contributed by atoms with Crippen LogP contribution in [0.2, 0.25) is 0 Å². The maximum Gasteiger partial charge on any atom is 0.123 e. The van der Waals surface area contributed by atoms with Crippen LogP contribution in [0.3, 0.4) is 0 Å². The summed E-state index contributed by atoms with van der Waals surface area (Å²) in [7, 11) is 0. The molecule has 0 aliphatic heterocycles. The first-order valence-corrected chi connectivity index (χ1v) is 5.95. The highest BCUT2D eigenvalue weighted by molar-refractivity contribution is 14.1. The van der Waals surface area contributed by atoms with Gasteiger partial charge in [0.15, 0.2) is 0 Å². The van der Waals surface area contributed by atoms with E-state index in [0.29, 0.717) is 12.1 Å². The topological polar surface area (TPSA) is 67.7 Å². The Morgan fingerprint density at radius 1 is 1.53 bits per heavy atom. The molecule has 0 amide bonds. The molecule has 0 bridgehead atoms. The van der Waals surface area contributed by atoms with Crippen LogP contribution in [0.15, 0.2) is 30.6 Å². The van der Waals surface area contributed by atoms with Gasteiger partial charge in [0, 0.05) is 11.8 Å². The standard InChI is InChI=1S/C11H10FIN4/c12-8-2-1-7(10(3-8)11(14)15)5-17-6-9(13)4-16-17/h1-4,6H,5H2,(H3,14,15). The predicted octanol–water partition coefficient (Wildman–Crippen LogP) is 1.96. The average Bonchev–Trinajstić information content (AvgIpc) is 2.66. The summed E-state index contributed by atoms with van der Waals surface area (Å²) >= 11 is 2.16. The van der Waals surface area contributed by atoms with Gasteiger partial charge in [-0.05, 0) is 40.3 Å². The molecule has 2 aromatic rings. The van der Waals surface area contributed by atoms with Crippen LogP contribution in [0, 0.1) is 14.8 Å². The molecule has 88 valence electrons. The van der Waals surface area contributed by atoms with Gasteiger partial charge in [0.2, 0.25) is 0 Å². The van der Waals surface area contributed by atoms with Crippen molar-refractivity contribution < 1.29 is 4.39 Å². The van der Waals surface area contributed by atoms with Crippen molar-refractivity contribution in [3.05, 3.63) is 51.1 Å². The number of nitrogens with one attached hydrogen (secondary N) is 1. The second-order valence-corrected chi connectivity index (χ2v) is 4.82. The van der Waals surface area contributed by atoms with E-state index in [1.807, 2.05) is 6.20 Å². The first-order chi connectivity index (χ1) is 8.06. The van der Waals surface area contributed by atoms with Gasteiger partial charge in [0.1, 0.15) is 11.7 Å². The van der Waals surface area contributed by atoms with E-state index in [0.717, 1.165) is 9.13 Å². The van der Waals surface area contributed by atoms with Crippen LogP contribution in [-0.4, -0.2) is 15.6 Å². The number of hydrogen-bond acceptors (Lipinski definition) is 2. The molecule has 1 aromatic carbocycles. The largest absolute Gasteiger partial charge is 0.384 e. The first kappa shape index (κ1) is 12.0. The number of halogens is 2. The van der Waals surface area contributed by atoms with Crippen molar-refractivity contribution in [3.8, 4) is 0 Å². The van der Waals surface area contributed by atoms with Gasteiger partial charge >= 0.3 is 0 Å². The SMILES string of the molecule is N=C(N)c1cc(F)ccc1Cn1cc(I)cn1. The highest BCUT2D eigenvalue weighted by Gasteiger charge is 2.08. The average molecular weight is 344 g/mol. The lowest BCUT2D eigenvalue weighted by Gasteiger charge is -2.08. The number of hydrogen-bond donors (Lipinski definition) is 2. The van der Waals surface area contributed by atoms with Gasteiger partial charge in [-0.2, -0.15) is 5.10 Å². The molecular formula is C11H10FIN4. The minimum atomic E-state index is -0.394. The lowest BCUT2D eigenvalue weighted by Crippen LogP contribution is -2.16. The zero-order valence-corrected chi connectivity index (χ0v) is 11.0. The lowest BCUT2D eigenvalue weighted by atomic mass is 10.1. The Labute approximate surface area is 111 Å². The van der Waals surface area contributed by atoms with Crippen LogP contribution >= 0.6 is 22.6 Å². The summed E-state index contributed by atoms with van der Waals surface area (Å²) in [5.41, 5.74) is 6.62. The van der Waals surface area contributed by atoms with Crippen molar-refractivity contribution in [1.29, 1.82) is 5.41 Å². The smallest absolute Gasteiger partial charge is 0.123 e. The number of amidine groups is 1. The molecule has 1 heterocycles. The molecule has 0 aliphatic rings. The Morgan fingerprint density at radius 2 is 2.29 bits per heavy atom. The second-order valence-electron chi connectivity index (χ2n) is 3.57. The quantitative estimate of drug-likeness (QED) is 0.508. The van der Waals surface area contributed by atoms with Crippen LogP contribution in [0.4, 0.5) is 4.39 Å². The Balaban J connectivity index is 2.35. The molecule has 3 N–H and O–H groups in total. The highest BCUT2D eigenvalue weighted by Crippen LogP contribution is 2.13. The van der Waals surface area contributed by atoms with E-state index < -0.39 is 5.82 Å². The number of nitrogen functional groups attached to an aromatic ring is 1. The van der Waals surface area contributed by atoms with E-state index in [-0.39, 0.29) is 5.84 Å². The summed E-state index contributed by atoms with van der Waals surface area (Å²) in [6.07, 6.45) is 3.60. The molecule has 2 rings (SSSR count). The zero-order chi connectivity index (χ0) is 12.4. The predicted molar refractivity (Wildman–Crippen MR) is 71.5 cm³/mol. The fraction of sp³-hybridized carbons (Fsp3) is 0.0909. The van der Waals surface area contributed by atoms with Crippen molar-refractivity contribution >= 4 is 28.4 Å². The van der Waals surface area contributed by atoms with Gasteiger partial charge in [-0.25, -0.2) is 4.39 Å². The summed E-state index contributed by atoms with van der Waals surface area (Å²) in [6, 6.07) is 4.25. The number of nitrogens with zero attached hydrogens (tertiary/aromatic N) is 2. The molecular weight excluding hydrogens is 334 g/mol. The summed E-state index contributed by atoms with van der Waals surface area (Å²) < 4.78 is 15.8. The Hall–Kier alpha value is -1.44. The van der Waals surface area contributed by atoms with Crippen LogP contribution in [0.5, 0.6) is 0 Å². The summed E-state index contributed by atoms with van der Waals surface area (Å²) in [5, 5.41) is 11.6. The molecule has 0 saturated carbocycles. The molecule has 0 spiro atoms. The fourth-order valence-electron chi connectivity index (χ4n) is 1.54. The maximum atomic E-state index is 13.1. The fourth-order valence-corrected chi connectivity index (χ4v) is 1.98. The van der Waals surface area contributed by atoms with Crippen molar-refractivity contribution in [2.24, 2.45) is 5.73 Å². The molecule has 17 heavy (non-hydrogen) atoms. The summed E-state index contributed by atoms with van der Waals surface area (Å²) in [5.74, 6) is -0.532. The number of benzene rings is 1. The van der Waals surface area contributed by atoms with Crippen LogP contribution in [0.25, 0.3) is 0 Å². The number of aromatic nitrogens is 2. The van der Waals surface area contributed by atoms with E-state index in [9.17, 15) is 4.39 Å². The van der Waals surface area contributed by atoms with E-state index >= 15 is 0 Å². The monoisotopic (exact) mass is 344 g/mol. The minimum absolute atomic E-state index is 0.138. The third-order valence-corrected chi connectivity index (χ3v) is 2.85. The van der Waals surface area contributed by atoms with Gasteiger partial charge < -0.3 is 5.73 Å². The number of rotatable bonds is 3. The molecule has 0 saturated heterocycles. The van der Waals surface area contributed by atoms with Crippen molar-refractivity contribution in [3.63, 3.8) is 0 Å². The van der Waals surface area contributed by atoms with E-state index in [1.54, 1.807) is 16.9 Å². The Bertz CT molecular complexity index is 564. The third-order valence-electron chi connectivity index (χ3n) is 2.30. The van der Waals surface area contributed by atoms with Crippen molar-refractivity contribution in [1.82, 2.24) is 9.78 Å². The van der Waals surface area contributed by atoms with Gasteiger partial charge in [0.05, 0.1) is 16.3 Å². The molecule has 1 aromatic heterocycles. The summed E-state index contributed by atoms with van der Waals surface area (Å²) in [6.45, 7) is 0.470. The normalized spacial score (nSPS) is 10.5. The van der Waals surface area contributed by atoms with E-state index in [2.05, 4.69) is 27.7 Å². The van der Waals surface area contributed by atoms with Gasteiger partial charge in [0.25, 0.3) is 0 Å². The van der Waals surface area contributed by atoms with Crippen LogP contribution < -0.4 is 5.73 Å². The van der Waals surface area contributed by atoms with Gasteiger partial charge in [-0.3, -0.25) is 10.1 Å². The van der Waals surface area contributed by atoms with Crippen LogP contribution in [-0.2, 0) is 6.54 Å². The van der Waals surface area contributed by atoms with Crippen molar-refractivity contribution in [2.75, 3.05) is 0 Å². The van der Waals surface area contributed by atoms with Gasteiger partial charge in [-0.15, -0.1) is 0 Å². The first-order valence-electron chi connectivity index (χ1n) is 4.87. The Morgan fingerprint density at radius 3 is 2.88 bits per heavy atom. The molecule has 0 atom stereocenters. The van der Waals surface area contributed by atoms with Crippen molar-refractivity contribution in [2.45, 2.75) is 6.54 Å². The molecule has 0 unspecified atom stereocenters. The van der Waals surface area contributed by atoms with Crippen LogP contribution in [0.1, 0.15) is 11.1 Å². The van der Waals surface area contributed by atoms with E-state index in [1.165, 1.54) is 12.1 Å². The number of nitrogens with two attached hydrogens (primary N) is 1. The molecule has 6 heteroatoms. The highest BCUT2D eigenvalue weighted by atomic mass is 127. The van der Waals surface area contributed by atoms with E-state index in [4.69, 9.17) is 11.1 Å². The third kappa shape index (κ3) is 2.82. The lowest BCUT2D eigenvalue weighted by molar-refractivity contribution is 0.623. The molecule has 0 fully saturated rings. The second kappa shape index (κ2) is 4.82. The minimum Gasteiger partial charge on any atom is -0.384 e. The zero-order valence-electron chi connectivity index (χ0n) is 8.82. The molecule has 0 aliphatic carbocycles.